The average Bonchev–Trinajstić information content (AvgIpc) is 2.85. The van der Waals surface area contributed by atoms with E-state index in [-0.39, 0.29) is 12.0 Å². The number of carboxylic acid groups (broad SMARTS) is 3. The van der Waals surface area contributed by atoms with Crippen LogP contribution in [0.3, 0.4) is 0 Å². The number of rotatable bonds is 6. The second-order valence-corrected chi connectivity index (χ2v) is 8.51. The lowest BCUT2D eigenvalue weighted by atomic mass is 9.77. The van der Waals surface area contributed by atoms with Crippen LogP contribution in [0.4, 0.5) is 0 Å². The van der Waals surface area contributed by atoms with Crippen LogP contribution in [0.15, 0.2) is 24.3 Å². The summed E-state index contributed by atoms with van der Waals surface area (Å²) in [6, 6.07) is 2.53. The molecule has 14 heteroatoms. The van der Waals surface area contributed by atoms with Crippen molar-refractivity contribution in [2.24, 2.45) is 5.73 Å². The highest BCUT2D eigenvalue weighted by Gasteiger charge is 2.43. The first kappa shape index (κ1) is 26.4. The van der Waals surface area contributed by atoms with Gasteiger partial charge in [0.1, 0.15) is 28.9 Å². The molecule has 1 aliphatic carbocycles. The van der Waals surface area contributed by atoms with Crippen LogP contribution in [0.25, 0.3) is 11.1 Å². The van der Waals surface area contributed by atoms with Crippen molar-refractivity contribution in [2.45, 2.75) is 12.5 Å². The molecule has 0 heterocycles. The van der Waals surface area contributed by atoms with Gasteiger partial charge in [-0.2, -0.15) is 0 Å². The molecule has 39 heavy (non-hydrogen) atoms. The summed E-state index contributed by atoms with van der Waals surface area (Å²) < 4.78 is 0. The van der Waals surface area contributed by atoms with Gasteiger partial charge in [-0.15, -0.1) is 0 Å². The maximum Gasteiger partial charge on any atom is 0.340 e. The van der Waals surface area contributed by atoms with E-state index in [1.54, 1.807) is 0 Å². The Morgan fingerprint density at radius 1 is 0.667 bits per heavy atom. The highest BCUT2D eigenvalue weighted by Crippen LogP contribution is 2.53. The molecule has 1 aliphatic rings. The maximum absolute atomic E-state index is 13.5. The van der Waals surface area contributed by atoms with E-state index in [2.05, 4.69) is 0 Å². The molecule has 200 valence electrons. The Morgan fingerprint density at radius 2 is 1.23 bits per heavy atom. The van der Waals surface area contributed by atoms with Crippen LogP contribution in [0, 0.1) is 0 Å². The third kappa shape index (κ3) is 3.91. The normalized spacial score (nSPS) is 12.9. The molecule has 0 aliphatic heterocycles. The number of phenols is 5. The number of carbonyl (C=O) groups excluding carboxylic acids is 2. The molecule has 3 aromatic carbocycles. The van der Waals surface area contributed by atoms with Crippen molar-refractivity contribution in [1.29, 1.82) is 0 Å². The number of hydrogen-bond acceptors (Lipinski definition) is 11. The fourth-order valence-electron chi connectivity index (χ4n) is 4.43. The Bertz CT molecular complexity index is 1670. The Labute approximate surface area is 216 Å². The third-order valence-electron chi connectivity index (χ3n) is 6.18. The zero-order valence-corrected chi connectivity index (χ0v) is 19.3. The first-order valence-electron chi connectivity index (χ1n) is 10.8. The number of aromatic carboxylic acids is 2. The van der Waals surface area contributed by atoms with E-state index in [0.29, 0.717) is 6.07 Å². The highest BCUT2D eigenvalue weighted by atomic mass is 16.4. The van der Waals surface area contributed by atoms with Crippen molar-refractivity contribution in [2.75, 3.05) is 0 Å². The lowest BCUT2D eigenvalue weighted by molar-refractivity contribution is -0.138. The van der Waals surface area contributed by atoms with Gasteiger partial charge in [0.05, 0.1) is 22.3 Å². The number of aromatic hydroxyl groups is 5. The summed E-state index contributed by atoms with van der Waals surface area (Å²) in [6.45, 7) is 0. The quantitative estimate of drug-likeness (QED) is 0.122. The number of benzene rings is 3. The van der Waals surface area contributed by atoms with E-state index < -0.39 is 109 Å². The Balaban J connectivity index is 2.05. The topological polar surface area (TPSA) is 273 Å². The summed E-state index contributed by atoms with van der Waals surface area (Å²) in [6.07, 6.45) is -0.282. The Hall–Kier alpha value is -5.63. The van der Waals surface area contributed by atoms with Crippen molar-refractivity contribution < 1.29 is 64.8 Å². The largest absolute Gasteiger partial charge is 0.507 e. The van der Waals surface area contributed by atoms with Gasteiger partial charge in [-0.1, -0.05) is 6.07 Å². The van der Waals surface area contributed by atoms with Crippen LogP contribution in [-0.4, -0.2) is 76.4 Å². The minimum Gasteiger partial charge on any atom is -0.507 e. The number of hydrogen-bond donors (Lipinski definition) is 9. The molecule has 14 nitrogen and oxygen atoms in total. The molecule has 4 rings (SSSR count). The lowest BCUT2D eigenvalue weighted by Crippen LogP contribution is -2.32. The smallest absolute Gasteiger partial charge is 0.340 e. The lowest BCUT2D eigenvalue weighted by Gasteiger charge is -2.24. The molecule has 0 amide bonds. The summed E-state index contributed by atoms with van der Waals surface area (Å²) in [5.74, 6) is -13.5. The predicted molar refractivity (Wildman–Crippen MR) is 127 cm³/mol. The molecule has 3 aromatic rings. The van der Waals surface area contributed by atoms with Crippen LogP contribution >= 0.6 is 0 Å². The van der Waals surface area contributed by atoms with Gasteiger partial charge in [0.25, 0.3) is 0 Å². The summed E-state index contributed by atoms with van der Waals surface area (Å²) in [4.78, 5) is 61.5. The van der Waals surface area contributed by atoms with E-state index in [4.69, 9.17) is 10.8 Å². The molecule has 1 atom stereocenters. The van der Waals surface area contributed by atoms with Gasteiger partial charge in [0.2, 0.25) is 0 Å². The zero-order valence-electron chi connectivity index (χ0n) is 19.3. The van der Waals surface area contributed by atoms with E-state index in [1.165, 1.54) is 6.07 Å². The minimum atomic E-state index is -2.01. The summed E-state index contributed by atoms with van der Waals surface area (Å²) in [5, 5.41) is 81.1. The van der Waals surface area contributed by atoms with Crippen LogP contribution < -0.4 is 5.73 Å². The number of aliphatic carboxylic acids is 1. The highest BCUT2D eigenvalue weighted by molar-refractivity contribution is 6.34. The van der Waals surface area contributed by atoms with Crippen molar-refractivity contribution in [3.8, 4) is 39.9 Å². The van der Waals surface area contributed by atoms with Gasteiger partial charge in [-0.05, 0) is 30.2 Å². The third-order valence-corrected chi connectivity index (χ3v) is 6.18. The fourth-order valence-corrected chi connectivity index (χ4v) is 4.43. The van der Waals surface area contributed by atoms with Crippen LogP contribution in [0.2, 0.25) is 0 Å². The molecular weight excluding hydrogens is 522 g/mol. The molecule has 0 radical (unpaired) electrons. The van der Waals surface area contributed by atoms with E-state index >= 15 is 0 Å². The number of nitrogens with two attached hydrogens (primary N) is 1. The minimum absolute atomic E-state index is 0.177. The number of phenolic OH excluding ortho intramolecular Hbond substituents is 4. The predicted octanol–water partition coefficient (Wildman–Crippen LogP) is 1.01. The second-order valence-electron chi connectivity index (χ2n) is 8.51. The maximum atomic E-state index is 13.5. The van der Waals surface area contributed by atoms with Crippen molar-refractivity contribution in [1.82, 2.24) is 0 Å². The van der Waals surface area contributed by atoms with Gasteiger partial charge in [0, 0.05) is 16.7 Å². The molecule has 0 unspecified atom stereocenters. The van der Waals surface area contributed by atoms with E-state index in [1.807, 2.05) is 0 Å². The Morgan fingerprint density at radius 3 is 1.79 bits per heavy atom. The van der Waals surface area contributed by atoms with Gasteiger partial charge >= 0.3 is 17.9 Å². The summed E-state index contributed by atoms with van der Waals surface area (Å²) in [7, 11) is 0. The van der Waals surface area contributed by atoms with Crippen LogP contribution in [-0.2, 0) is 11.2 Å². The number of carboxylic acids is 3. The number of fused-ring (bicyclic) bond motifs is 2. The van der Waals surface area contributed by atoms with Crippen molar-refractivity contribution in [3.63, 3.8) is 0 Å². The average molecular weight is 539 g/mol. The molecule has 0 fully saturated rings. The molecular formula is C25H17NO13. The number of carbonyl (C=O) groups is 5. The second kappa shape index (κ2) is 9.04. The van der Waals surface area contributed by atoms with Crippen LogP contribution in [0.5, 0.6) is 28.7 Å². The van der Waals surface area contributed by atoms with Gasteiger partial charge < -0.3 is 46.6 Å². The van der Waals surface area contributed by atoms with E-state index in [9.17, 15) is 59.7 Å². The van der Waals surface area contributed by atoms with Gasteiger partial charge in [-0.3, -0.25) is 14.4 Å². The van der Waals surface area contributed by atoms with Gasteiger partial charge in [-0.25, -0.2) is 9.59 Å². The van der Waals surface area contributed by atoms with Crippen molar-refractivity contribution >= 4 is 29.5 Å². The standard InChI is InChI=1S/C25H17NO13/c26-9(23(34)35)4-6-1-2-10(27)7(3-6)13-20(31)17-16(22(33)21(13)32)18(29)8-5-11(28)14(24(36)37)15(25(38)39)12(8)19(17)30/h1-3,5,9,27-28,31-33H,4,26H2,(H,34,35)(H,36,37)(H,38,39)/t9-/m1/s1. The van der Waals surface area contributed by atoms with Crippen LogP contribution in [0.1, 0.15) is 58.1 Å². The van der Waals surface area contributed by atoms with Gasteiger partial charge in [0.15, 0.2) is 23.1 Å². The first-order valence-corrected chi connectivity index (χ1v) is 10.8. The van der Waals surface area contributed by atoms with Crippen molar-refractivity contribution in [3.05, 3.63) is 63.2 Å². The SMILES string of the molecule is N[C@H](Cc1ccc(O)c(-c2c(O)c(O)c3c(c2O)C(=O)c2c(cc(O)c(C(=O)O)c2C(=O)O)C3=O)c1)C(=O)O. The Kier molecular flexibility index (Phi) is 6.13. The van der Waals surface area contributed by atoms with E-state index in [0.717, 1.165) is 12.1 Å². The molecule has 0 saturated carbocycles. The fraction of sp³-hybridized carbons (Fsp3) is 0.0800. The molecule has 10 N–H and O–H groups in total. The number of ketones is 2. The monoisotopic (exact) mass is 539 g/mol. The molecule has 0 spiro atoms. The summed E-state index contributed by atoms with van der Waals surface area (Å²) in [5.41, 5.74) is -1.82. The molecule has 0 saturated heterocycles. The molecule has 0 bridgehead atoms. The summed E-state index contributed by atoms with van der Waals surface area (Å²) >= 11 is 0. The molecule has 0 aromatic heterocycles. The zero-order chi connectivity index (χ0) is 29.1. The first-order chi connectivity index (χ1) is 18.2.